The van der Waals surface area contributed by atoms with Crippen LogP contribution in [0.1, 0.15) is 37.7 Å². The number of carbonyl (C=O) groups is 1. The molecule has 1 aliphatic carbocycles. The van der Waals surface area contributed by atoms with Crippen molar-refractivity contribution in [2.24, 2.45) is 5.92 Å². The summed E-state index contributed by atoms with van der Waals surface area (Å²) in [6, 6.07) is 4.09. The molecule has 0 aliphatic heterocycles. The summed E-state index contributed by atoms with van der Waals surface area (Å²) >= 11 is 6.02. The lowest BCUT2D eigenvalue weighted by Crippen LogP contribution is -2.41. The highest BCUT2D eigenvalue weighted by molar-refractivity contribution is 6.31. The van der Waals surface area contributed by atoms with Gasteiger partial charge in [-0.05, 0) is 18.4 Å². The van der Waals surface area contributed by atoms with Gasteiger partial charge >= 0.3 is 0 Å². The summed E-state index contributed by atoms with van der Waals surface area (Å²) < 4.78 is 0. The molecule has 1 aliphatic rings. The maximum atomic E-state index is 12.2. The van der Waals surface area contributed by atoms with Crippen molar-refractivity contribution in [2.75, 3.05) is 6.61 Å². The molecule has 0 heterocycles. The van der Waals surface area contributed by atoms with E-state index in [1.54, 1.807) is 0 Å². The van der Waals surface area contributed by atoms with Crippen LogP contribution in [-0.4, -0.2) is 28.6 Å². The van der Waals surface area contributed by atoms with Crippen molar-refractivity contribution in [1.29, 1.82) is 0 Å². The van der Waals surface area contributed by atoms with Gasteiger partial charge in [-0.3, -0.25) is 14.9 Å². The van der Waals surface area contributed by atoms with Crippen LogP contribution < -0.4 is 5.32 Å². The van der Waals surface area contributed by atoms with Crippen molar-refractivity contribution in [3.8, 4) is 0 Å². The number of amides is 1. The van der Waals surface area contributed by atoms with Crippen LogP contribution in [0.3, 0.4) is 0 Å². The second-order valence-electron chi connectivity index (χ2n) is 5.96. The van der Waals surface area contributed by atoms with Crippen LogP contribution in [0, 0.1) is 16.0 Å². The molecule has 1 fully saturated rings. The van der Waals surface area contributed by atoms with E-state index in [9.17, 15) is 20.0 Å². The molecule has 126 valence electrons. The van der Waals surface area contributed by atoms with E-state index in [4.69, 9.17) is 11.6 Å². The Hall–Kier alpha value is -1.66. The zero-order valence-corrected chi connectivity index (χ0v) is 13.6. The minimum atomic E-state index is -0.521. The van der Waals surface area contributed by atoms with Crippen LogP contribution in [0.4, 0.5) is 5.69 Å². The quantitative estimate of drug-likeness (QED) is 0.489. The van der Waals surface area contributed by atoms with Gasteiger partial charge < -0.3 is 10.4 Å². The van der Waals surface area contributed by atoms with Crippen LogP contribution in [0.15, 0.2) is 18.2 Å². The highest BCUT2D eigenvalue weighted by Crippen LogP contribution is 2.25. The normalized spacial score (nSPS) is 21.5. The molecule has 2 N–H and O–H groups in total. The number of halogens is 1. The second kappa shape index (κ2) is 8.26. The van der Waals surface area contributed by atoms with Crippen molar-refractivity contribution in [2.45, 2.75) is 44.6 Å². The van der Waals surface area contributed by atoms with E-state index in [-0.39, 0.29) is 41.6 Å². The number of rotatable bonds is 5. The van der Waals surface area contributed by atoms with Gasteiger partial charge in [0, 0.05) is 30.7 Å². The summed E-state index contributed by atoms with van der Waals surface area (Å²) in [4.78, 5) is 22.4. The number of benzene rings is 1. The molecule has 2 unspecified atom stereocenters. The molecule has 0 aromatic heterocycles. The minimum absolute atomic E-state index is 0.0215. The van der Waals surface area contributed by atoms with Crippen LogP contribution >= 0.6 is 11.6 Å². The van der Waals surface area contributed by atoms with E-state index < -0.39 is 4.92 Å². The Morgan fingerprint density at radius 3 is 2.74 bits per heavy atom. The molecule has 1 aromatic rings. The molecule has 1 amide bonds. The van der Waals surface area contributed by atoms with E-state index >= 15 is 0 Å². The Bertz CT molecular complexity index is 579. The molecule has 7 heteroatoms. The molecule has 23 heavy (non-hydrogen) atoms. The summed E-state index contributed by atoms with van der Waals surface area (Å²) in [6.45, 7) is 0.0727. The minimum Gasteiger partial charge on any atom is -0.396 e. The van der Waals surface area contributed by atoms with Gasteiger partial charge in [0.1, 0.15) is 0 Å². The Labute approximate surface area is 140 Å². The molecule has 0 spiro atoms. The molecule has 0 saturated heterocycles. The summed E-state index contributed by atoms with van der Waals surface area (Å²) in [5.41, 5.74) is 0.465. The van der Waals surface area contributed by atoms with Crippen molar-refractivity contribution in [1.82, 2.24) is 5.32 Å². The lowest BCUT2D eigenvalue weighted by Gasteiger charge is -2.24. The Kier molecular flexibility index (Phi) is 6.36. The fraction of sp³-hybridized carbons (Fsp3) is 0.562. The predicted molar refractivity (Wildman–Crippen MR) is 87.4 cm³/mol. The molecular weight excluding hydrogens is 320 g/mol. The average molecular weight is 341 g/mol. The largest absolute Gasteiger partial charge is 0.396 e. The third-order valence-electron chi connectivity index (χ3n) is 4.34. The number of carbonyl (C=O) groups excluding carboxylic acids is 1. The van der Waals surface area contributed by atoms with E-state index in [1.165, 1.54) is 18.2 Å². The molecule has 0 bridgehead atoms. The highest BCUT2D eigenvalue weighted by Gasteiger charge is 2.24. The third kappa shape index (κ3) is 4.91. The lowest BCUT2D eigenvalue weighted by atomic mass is 9.95. The Morgan fingerprint density at radius 2 is 2.09 bits per heavy atom. The van der Waals surface area contributed by atoms with Crippen LogP contribution in [-0.2, 0) is 11.2 Å². The van der Waals surface area contributed by atoms with E-state index in [0.29, 0.717) is 5.56 Å². The second-order valence-corrected chi connectivity index (χ2v) is 6.37. The van der Waals surface area contributed by atoms with Crippen LogP contribution in [0.25, 0.3) is 0 Å². The topological polar surface area (TPSA) is 92.5 Å². The number of hydrogen-bond acceptors (Lipinski definition) is 4. The maximum Gasteiger partial charge on any atom is 0.270 e. The van der Waals surface area contributed by atoms with Gasteiger partial charge in [0.15, 0.2) is 0 Å². The van der Waals surface area contributed by atoms with Gasteiger partial charge in [-0.25, -0.2) is 0 Å². The molecule has 2 atom stereocenters. The number of non-ortho nitro benzene ring substituents is 1. The molecule has 1 aromatic carbocycles. The third-order valence-corrected chi connectivity index (χ3v) is 4.69. The summed E-state index contributed by atoms with van der Waals surface area (Å²) in [5.74, 6) is -0.0834. The van der Waals surface area contributed by atoms with Gasteiger partial charge in [0.05, 0.1) is 16.4 Å². The van der Waals surface area contributed by atoms with Gasteiger partial charge in [0.25, 0.3) is 5.69 Å². The van der Waals surface area contributed by atoms with Gasteiger partial charge in [-0.2, -0.15) is 0 Å². The molecule has 0 radical (unpaired) electrons. The first-order chi connectivity index (χ1) is 11.0. The monoisotopic (exact) mass is 340 g/mol. The fourth-order valence-corrected chi connectivity index (χ4v) is 3.26. The zero-order valence-electron chi connectivity index (χ0n) is 12.8. The fourth-order valence-electron chi connectivity index (χ4n) is 3.02. The SMILES string of the molecule is O=C(Cc1ccc([N+](=O)[O-])cc1Cl)NC1CCCCCC1CO. The zero-order chi connectivity index (χ0) is 16.8. The van der Waals surface area contributed by atoms with Crippen molar-refractivity contribution >= 4 is 23.2 Å². The number of nitrogens with one attached hydrogen (secondary N) is 1. The van der Waals surface area contributed by atoms with E-state index in [0.717, 1.165) is 32.1 Å². The van der Waals surface area contributed by atoms with Crippen LogP contribution in [0.2, 0.25) is 5.02 Å². The number of nitrogens with zero attached hydrogens (tertiary/aromatic N) is 1. The summed E-state index contributed by atoms with van der Waals surface area (Å²) in [6.07, 6.45) is 5.10. The van der Waals surface area contributed by atoms with Crippen molar-refractivity contribution in [3.63, 3.8) is 0 Å². The van der Waals surface area contributed by atoms with Gasteiger partial charge in [-0.15, -0.1) is 0 Å². The summed E-state index contributed by atoms with van der Waals surface area (Å²) in [5, 5.41) is 23.4. The number of aliphatic hydroxyl groups excluding tert-OH is 1. The molecule has 2 rings (SSSR count). The Morgan fingerprint density at radius 1 is 1.35 bits per heavy atom. The van der Waals surface area contributed by atoms with Crippen molar-refractivity contribution in [3.05, 3.63) is 38.9 Å². The van der Waals surface area contributed by atoms with Gasteiger partial charge in [-0.1, -0.05) is 36.9 Å². The predicted octanol–water partition coefficient (Wildman–Crippen LogP) is 2.85. The standard InChI is InChI=1S/C16H21ClN2O4/c17-14-9-13(19(22)23)7-6-11(14)8-16(21)18-15-5-3-1-2-4-12(15)10-20/h6-7,9,12,15,20H,1-5,8,10H2,(H,18,21). The average Bonchev–Trinajstić information content (AvgIpc) is 2.74. The molecule has 1 saturated carbocycles. The Balaban J connectivity index is 1.99. The first-order valence-corrected chi connectivity index (χ1v) is 8.22. The van der Waals surface area contributed by atoms with E-state index in [1.807, 2.05) is 0 Å². The number of nitro groups is 1. The number of aliphatic hydroxyl groups is 1. The van der Waals surface area contributed by atoms with Crippen molar-refractivity contribution < 1.29 is 14.8 Å². The maximum absolute atomic E-state index is 12.2. The number of nitro benzene ring substituents is 1. The smallest absolute Gasteiger partial charge is 0.270 e. The first kappa shape index (κ1) is 17.7. The molecular formula is C16H21ClN2O4. The van der Waals surface area contributed by atoms with E-state index in [2.05, 4.69) is 5.32 Å². The first-order valence-electron chi connectivity index (χ1n) is 7.84. The van der Waals surface area contributed by atoms with Gasteiger partial charge in [0.2, 0.25) is 5.91 Å². The summed E-state index contributed by atoms with van der Waals surface area (Å²) in [7, 11) is 0. The van der Waals surface area contributed by atoms with Crippen LogP contribution in [0.5, 0.6) is 0 Å². The highest BCUT2D eigenvalue weighted by atomic mass is 35.5. The number of hydrogen-bond donors (Lipinski definition) is 2. The lowest BCUT2D eigenvalue weighted by molar-refractivity contribution is -0.384. The molecule has 6 nitrogen and oxygen atoms in total.